The van der Waals surface area contributed by atoms with Gasteiger partial charge in [-0.1, -0.05) is 5.10 Å². The van der Waals surface area contributed by atoms with Gasteiger partial charge < -0.3 is 19.6 Å². The number of aliphatic carboxylic acids is 1. The number of halogens is 7. The van der Waals surface area contributed by atoms with E-state index in [9.17, 15) is 41.5 Å². The van der Waals surface area contributed by atoms with Crippen molar-refractivity contribution in [3.63, 3.8) is 0 Å². The molecule has 4 rings (SSSR count). The van der Waals surface area contributed by atoms with Crippen LogP contribution in [-0.4, -0.2) is 50.7 Å². The number of hydrogen-bond acceptors (Lipinski definition) is 8. The second kappa shape index (κ2) is 14.9. The maximum absolute atomic E-state index is 13.6. The molecule has 1 aliphatic rings. The Kier molecular flexibility index (Phi) is 11.7. The molecule has 10 nitrogen and oxygen atoms in total. The first-order valence-electron chi connectivity index (χ1n) is 14.1. The van der Waals surface area contributed by atoms with Crippen LogP contribution in [0.1, 0.15) is 54.9 Å². The number of nitrogens with zero attached hydrogens (tertiary/aromatic N) is 7. The largest absolute Gasteiger partial charge is 0.573 e. The van der Waals surface area contributed by atoms with Gasteiger partial charge in [-0.15, -0.1) is 30.7 Å². The van der Waals surface area contributed by atoms with Crippen molar-refractivity contribution in [2.75, 3.05) is 22.9 Å². The summed E-state index contributed by atoms with van der Waals surface area (Å²) >= 11 is 0. The van der Waals surface area contributed by atoms with E-state index in [0.717, 1.165) is 16.9 Å². The van der Waals surface area contributed by atoms with E-state index in [2.05, 4.69) is 20.1 Å². The molecular formula is C29H32ClF6N7O3. The highest BCUT2D eigenvalue weighted by atomic mass is 35.5. The molecule has 0 atom stereocenters. The topological polar surface area (TPSA) is 120 Å². The van der Waals surface area contributed by atoms with Gasteiger partial charge in [0.25, 0.3) is 5.95 Å². The van der Waals surface area contributed by atoms with Gasteiger partial charge in [-0.05, 0) is 91.3 Å². The molecule has 0 amide bonds. The maximum Gasteiger partial charge on any atom is 0.573 e. The van der Waals surface area contributed by atoms with Crippen molar-refractivity contribution in [2.45, 2.75) is 58.2 Å². The summed E-state index contributed by atoms with van der Waals surface area (Å²) in [6.07, 6.45) is -7.30. The lowest BCUT2D eigenvalue weighted by atomic mass is 9.81. The van der Waals surface area contributed by atoms with E-state index in [-0.39, 0.29) is 48.5 Å². The second-order valence-corrected chi connectivity index (χ2v) is 10.9. The molecule has 0 radical (unpaired) electrons. The second-order valence-electron chi connectivity index (χ2n) is 10.9. The van der Waals surface area contributed by atoms with Crippen molar-refractivity contribution >= 4 is 30.0 Å². The number of carbonyl (C=O) groups is 1. The molecule has 3 aromatic rings. The highest BCUT2D eigenvalue weighted by molar-refractivity contribution is 5.85. The van der Waals surface area contributed by atoms with Gasteiger partial charge in [-0.3, -0.25) is 4.79 Å². The van der Waals surface area contributed by atoms with E-state index in [1.54, 1.807) is 6.07 Å². The number of carboxylic acid groups (broad SMARTS) is 1. The fourth-order valence-electron chi connectivity index (χ4n) is 5.53. The Morgan fingerprint density at radius 3 is 2.30 bits per heavy atom. The molecule has 250 valence electrons. The van der Waals surface area contributed by atoms with E-state index in [0.29, 0.717) is 50.0 Å². The zero-order chi connectivity index (χ0) is 32.9. The first-order valence-corrected chi connectivity index (χ1v) is 14.1. The first-order chi connectivity index (χ1) is 21.1. The summed E-state index contributed by atoms with van der Waals surface area (Å²) in [4.78, 5) is 15.9. The molecule has 1 fully saturated rings. The number of aryl methyl sites for hydroxylation is 1. The van der Waals surface area contributed by atoms with Gasteiger partial charge in [0.2, 0.25) is 0 Å². The first kappa shape index (κ1) is 36.2. The number of anilines is 2. The van der Waals surface area contributed by atoms with Crippen molar-refractivity contribution in [2.24, 2.45) is 18.9 Å². The standard InChI is InChI=1S/C29H31F6N7O3.ClH/c1-3-41(15-18-4-6-21(7-5-18)26(43)44)25-9-8-24(45-29(33,34)35)13-22(25)17-42(27-37-39-40(2)38-27)16-20-10-19(14-36)11-23(12-20)28(30,31)32;/h8-13,18,21H,3-7,15-17H2,1-2H3,(H,43,44);1H/t18-,21-;. The highest BCUT2D eigenvalue weighted by Gasteiger charge is 2.33. The van der Waals surface area contributed by atoms with Crippen LogP contribution in [0.15, 0.2) is 36.4 Å². The lowest BCUT2D eigenvalue weighted by molar-refractivity contribution is -0.274. The van der Waals surface area contributed by atoms with Crippen LogP contribution in [0.25, 0.3) is 0 Å². The molecule has 0 saturated heterocycles. The Balaban J connectivity index is 0.00000576. The fraction of sp³-hybridized carbons (Fsp3) is 0.483. The smallest absolute Gasteiger partial charge is 0.481 e. The van der Waals surface area contributed by atoms with Crippen LogP contribution in [0.4, 0.5) is 38.0 Å². The summed E-state index contributed by atoms with van der Waals surface area (Å²) in [5, 5.41) is 30.7. The Morgan fingerprint density at radius 2 is 1.76 bits per heavy atom. The van der Waals surface area contributed by atoms with Crippen molar-refractivity contribution < 1.29 is 41.0 Å². The molecule has 1 aromatic heterocycles. The number of benzene rings is 2. The molecule has 46 heavy (non-hydrogen) atoms. The third kappa shape index (κ3) is 9.62. The summed E-state index contributed by atoms with van der Waals surface area (Å²) in [6.45, 7) is 2.46. The number of alkyl halides is 6. The number of tetrazole rings is 1. The van der Waals surface area contributed by atoms with Crippen molar-refractivity contribution in [3.8, 4) is 11.8 Å². The van der Waals surface area contributed by atoms with Gasteiger partial charge in [-0.25, -0.2) is 0 Å². The maximum atomic E-state index is 13.6. The van der Waals surface area contributed by atoms with Gasteiger partial charge in [0.15, 0.2) is 0 Å². The predicted octanol–water partition coefficient (Wildman–Crippen LogP) is 6.35. The summed E-state index contributed by atoms with van der Waals surface area (Å²) in [6, 6.07) is 8.52. The molecule has 1 N–H and O–H groups in total. The van der Waals surface area contributed by atoms with E-state index in [4.69, 9.17) is 0 Å². The fourth-order valence-corrected chi connectivity index (χ4v) is 5.53. The quantitative estimate of drug-likeness (QED) is 0.232. The van der Waals surface area contributed by atoms with Crippen LogP contribution in [0.3, 0.4) is 0 Å². The average Bonchev–Trinajstić information content (AvgIpc) is 3.41. The molecule has 0 bridgehead atoms. The Hall–Kier alpha value is -4.26. The van der Waals surface area contributed by atoms with Crippen LogP contribution in [0, 0.1) is 23.2 Å². The van der Waals surface area contributed by atoms with Crippen LogP contribution in [-0.2, 0) is 31.1 Å². The van der Waals surface area contributed by atoms with Gasteiger partial charge in [0.05, 0.1) is 30.2 Å². The minimum atomic E-state index is -4.97. The Bertz CT molecular complexity index is 1530. The zero-order valence-corrected chi connectivity index (χ0v) is 25.7. The third-order valence-corrected chi connectivity index (χ3v) is 7.65. The molecule has 0 aliphatic heterocycles. The zero-order valence-electron chi connectivity index (χ0n) is 24.8. The molecule has 17 heteroatoms. The SMILES string of the molecule is CCN(C[C@H]1CC[C@H](C(=O)O)CC1)c1ccc(OC(F)(F)F)cc1CN(Cc1cc(C#N)cc(C(F)(F)F)c1)c1nnn(C)n1.Cl. The molecule has 1 aliphatic carbocycles. The number of aromatic nitrogens is 4. The lowest BCUT2D eigenvalue weighted by Gasteiger charge is -2.34. The van der Waals surface area contributed by atoms with Gasteiger partial charge in [0.1, 0.15) is 5.75 Å². The van der Waals surface area contributed by atoms with E-state index < -0.39 is 35.7 Å². The van der Waals surface area contributed by atoms with Crippen LogP contribution in [0.5, 0.6) is 5.75 Å². The Labute approximate surface area is 266 Å². The van der Waals surface area contributed by atoms with E-state index in [1.807, 2.05) is 11.8 Å². The van der Waals surface area contributed by atoms with Crippen molar-refractivity contribution in [1.82, 2.24) is 20.2 Å². The number of ether oxygens (including phenoxy) is 1. The van der Waals surface area contributed by atoms with Crippen LogP contribution < -0.4 is 14.5 Å². The monoisotopic (exact) mass is 675 g/mol. The normalized spacial score (nSPS) is 16.7. The molecule has 0 spiro atoms. The third-order valence-electron chi connectivity index (χ3n) is 7.65. The average molecular weight is 676 g/mol. The van der Waals surface area contributed by atoms with Gasteiger partial charge >= 0.3 is 18.5 Å². The minimum absolute atomic E-state index is 0. The highest BCUT2D eigenvalue weighted by Crippen LogP contribution is 2.35. The van der Waals surface area contributed by atoms with Gasteiger partial charge in [-0.2, -0.15) is 23.2 Å². The van der Waals surface area contributed by atoms with Gasteiger partial charge in [0, 0.05) is 31.9 Å². The van der Waals surface area contributed by atoms with E-state index >= 15 is 0 Å². The summed E-state index contributed by atoms with van der Waals surface area (Å²) in [5.41, 5.74) is -0.246. The molecule has 1 heterocycles. The lowest BCUT2D eigenvalue weighted by Crippen LogP contribution is -2.34. The molecule has 0 unspecified atom stereocenters. The summed E-state index contributed by atoms with van der Waals surface area (Å²) in [7, 11) is 1.48. The van der Waals surface area contributed by atoms with Crippen LogP contribution >= 0.6 is 12.4 Å². The van der Waals surface area contributed by atoms with Crippen molar-refractivity contribution in [1.29, 1.82) is 5.26 Å². The number of rotatable bonds is 11. The summed E-state index contributed by atoms with van der Waals surface area (Å²) < 4.78 is 84.6. The minimum Gasteiger partial charge on any atom is -0.481 e. The van der Waals surface area contributed by atoms with Crippen molar-refractivity contribution in [3.05, 3.63) is 58.7 Å². The van der Waals surface area contributed by atoms with E-state index in [1.165, 1.54) is 36.2 Å². The molecule has 1 saturated carbocycles. The number of nitriles is 1. The molecular weight excluding hydrogens is 644 g/mol. The number of hydrogen-bond donors (Lipinski definition) is 1. The predicted molar refractivity (Wildman–Crippen MR) is 156 cm³/mol. The number of carboxylic acids is 1. The Morgan fingerprint density at radius 1 is 1.07 bits per heavy atom. The van der Waals surface area contributed by atoms with Crippen LogP contribution in [0.2, 0.25) is 0 Å². The summed E-state index contributed by atoms with van der Waals surface area (Å²) in [5.74, 6) is -1.58. The molecule has 2 aromatic carbocycles.